The SMILES string of the molecule is CC(=O)OC(C(C)=O)(C(=O)NC(C)(C)C)C(=O)N1CCOCC1. The maximum Gasteiger partial charge on any atom is 0.323 e. The predicted molar refractivity (Wildman–Crippen MR) is 80.5 cm³/mol. The molecule has 0 radical (unpaired) electrons. The molecule has 1 rings (SSSR count). The molecule has 1 saturated heterocycles. The number of ether oxygens (including phenoxy) is 2. The highest BCUT2D eigenvalue weighted by atomic mass is 16.6. The molecule has 1 aliphatic rings. The number of morpholine rings is 1. The summed E-state index contributed by atoms with van der Waals surface area (Å²) in [5.74, 6) is -3.51. The van der Waals surface area contributed by atoms with Gasteiger partial charge in [0, 0.05) is 25.6 Å². The van der Waals surface area contributed by atoms with Crippen molar-refractivity contribution in [1.82, 2.24) is 10.2 Å². The third-order valence-corrected chi connectivity index (χ3v) is 3.20. The van der Waals surface area contributed by atoms with Crippen LogP contribution >= 0.6 is 0 Å². The highest BCUT2D eigenvalue weighted by Crippen LogP contribution is 2.20. The molecule has 1 aliphatic heterocycles. The van der Waals surface area contributed by atoms with E-state index in [1.54, 1.807) is 20.8 Å². The summed E-state index contributed by atoms with van der Waals surface area (Å²) in [4.78, 5) is 50.5. The van der Waals surface area contributed by atoms with E-state index in [-0.39, 0.29) is 13.1 Å². The van der Waals surface area contributed by atoms with Gasteiger partial charge in [-0.3, -0.25) is 19.2 Å². The minimum absolute atomic E-state index is 0.220. The van der Waals surface area contributed by atoms with Gasteiger partial charge in [0.1, 0.15) is 0 Å². The fourth-order valence-corrected chi connectivity index (χ4v) is 2.20. The number of nitrogens with zero attached hydrogens (tertiary/aromatic N) is 1. The maximum atomic E-state index is 12.8. The van der Waals surface area contributed by atoms with Crippen molar-refractivity contribution in [3.63, 3.8) is 0 Å². The second-order valence-electron chi connectivity index (χ2n) is 6.44. The Bertz CT molecular complexity index is 505. The zero-order chi connectivity index (χ0) is 17.8. The topological polar surface area (TPSA) is 102 Å². The van der Waals surface area contributed by atoms with Crippen LogP contribution in [0.25, 0.3) is 0 Å². The molecule has 23 heavy (non-hydrogen) atoms. The Morgan fingerprint density at radius 1 is 1.04 bits per heavy atom. The zero-order valence-corrected chi connectivity index (χ0v) is 14.2. The van der Waals surface area contributed by atoms with Crippen LogP contribution < -0.4 is 5.32 Å². The molecule has 1 atom stereocenters. The van der Waals surface area contributed by atoms with Gasteiger partial charge in [0.05, 0.1) is 13.2 Å². The second kappa shape index (κ2) is 7.08. The first-order chi connectivity index (χ1) is 10.5. The van der Waals surface area contributed by atoms with Crippen molar-refractivity contribution >= 4 is 23.6 Å². The van der Waals surface area contributed by atoms with Gasteiger partial charge in [-0.05, 0) is 27.7 Å². The molecule has 1 unspecified atom stereocenters. The van der Waals surface area contributed by atoms with Crippen molar-refractivity contribution < 1.29 is 28.7 Å². The zero-order valence-electron chi connectivity index (χ0n) is 14.2. The number of hydrogen-bond donors (Lipinski definition) is 1. The van der Waals surface area contributed by atoms with Gasteiger partial charge in [-0.2, -0.15) is 0 Å². The lowest BCUT2D eigenvalue weighted by Gasteiger charge is -2.36. The monoisotopic (exact) mass is 328 g/mol. The summed E-state index contributed by atoms with van der Waals surface area (Å²) in [6.45, 7) is 8.23. The van der Waals surface area contributed by atoms with E-state index in [2.05, 4.69) is 5.32 Å². The van der Waals surface area contributed by atoms with Gasteiger partial charge in [0.15, 0.2) is 5.78 Å². The minimum atomic E-state index is -2.50. The van der Waals surface area contributed by atoms with E-state index < -0.39 is 34.7 Å². The summed E-state index contributed by atoms with van der Waals surface area (Å²) in [5, 5.41) is 2.55. The van der Waals surface area contributed by atoms with Crippen LogP contribution in [0.1, 0.15) is 34.6 Å². The molecule has 1 heterocycles. The molecule has 1 fully saturated rings. The van der Waals surface area contributed by atoms with Gasteiger partial charge in [-0.15, -0.1) is 0 Å². The van der Waals surface area contributed by atoms with E-state index in [1.165, 1.54) is 4.90 Å². The number of esters is 1. The lowest BCUT2D eigenvalue weighted by Crippen LogP contribution is -2.67. The van der Waals surface area contributed by atoms with Crippen LogP contribution in [-0.2, 0) is 28.7 Å². The molecule has 1 N–H and O–H groups in total. The summed E-state index contributed by atoms with van der Waals surface area (Å²) in [6, 6.07) is 0. The van der Waals surface area contributed by atoms with Crippen LogP contribution in [0.5, 0.6) is 0 Å². The molecule has 130 valence electrons. The van der Waals surface area contributed by atoms with Crippen LogP contribution in [0, 0.1) is 0 Å². The summed E-state index contributed by atoms with van der Waals surface area (Å²) in [7, 11) is 0. The summed E-state index contributed by atoms with van der Waals surface area (Å²) >= 11 is 0. The third-order valence-electron chi connectivity index (χ3n) is 3.20. The molecule has 0 bridgehead atoms. The smallest absolute Gasteiger partial charge is 0.323 e. The minimum Gasteiger partial charge on any atom is -0.430 e. The summed E-state index contributed by atoms with van der Waals surface area (Å²) in [6.07, 6.45) is 0. The molecule has 0 aromatic heterocycles. The van der Waals surface area contributed by atoms with Crippen molar-refractivity contribution in [3.05, 3.63) is 0 Å². The van der Waals surface area contributed by atoms with Crippen molar-refractivity contribution in [2.24, 2.45) is 0 Å². The fourth-order valence-electron chi connectivity index (χ4n) is 2.20. The number of Topliss-reactive ketones (excluding diaryl/α,β-unsaturated/α-hetero) is 1. The van der Waals surface area contributed by atoms with E-state index in [9.17, 15) is 19.2 Å². The van der Waals surface area contributed by atoms with Crippen LogP contribution in [0.2, 0.25) is 0 Å². The van der Waals surface area contributed by atoms with Crippen molar-refractivity contribution in [1.29, 1.82) is 0 Å². The normalized spacial score (nSPS) is 17.9. The number of ketones is 1. The number of hydrogen-bond acceptors (Lipinski definition) is 6. The average molecular weight is 328 g/mol. The molecule has 2 amide bonds. The second-order valence-corrected chi connectivity index (χ2v) is 6.44. The summed E-state index contributed by atoms with van der Waals surface area (Å²) < 4.78 is 10.1. The number of nitrogens with one attached hydrogen (secondary N) is 1. The Labute approximate surface area is 135 Å². The molecule has 8 heteroatoms. The van der Waals surface area contributed by atoms with E-state index in [4.69, 9.17) is 9.47 Å². The molecule has 0 saturated carbocycles. The molecule has 0 aliphatic carbocycles. The van der Waals surface area contributed by atoms with E-state index in [0.29, 0.717) is 13.2 Å². The standard InChI is InChI=1S/C15H24N2O6/c1-10(18)15(23-11(2)19,12(20)16-14(3,4)5)13(21)17-6-8-22-9-7-17/h6-9H2,1-5H3,(H,16,20). The lowest BCUT2D eigenvalue weighted by atomic mass is 9.93. The number of carbonyl (C=O) groups excluding carboxylic acids is 4. The molecular weight excluding hydrogens is 304 g/mol. The first-order valence-electron chi connectivity index (χ1n) is 7.41. The van der Waals surface area contributed by atoms with Gasteiger partial charge >= 0.3 is 11.6 Å². The van der Waals surface area contributed by atoms with E-state index in [0.717, 1.165) is 13.8 Å². The number of rotatable bonds is 4. The Morgan fingerprint density at radius 2 is 1.57 bits per heavy atom. The van der Waals surface area contributed by atoms with Crippen molar-refractivity contribution in [3.8, 4) is 0 Å². The fraction of sp³-hybridized carbons (Fsp3) is 0.733. The Hall–Kier alpha value is -1.96. The van der Waals surface area contributed by atoms with Crippen LogP contribution in [0.4, 0.5) is 0 Å². The molecular formula is C15H24N2O6. The largest absolute Gasteiger partial charge is 0.430 e. The first kappa shape index (κ1) is 19.1. The molecule has 8 nitrogen and oxygen atoms in total. The lowest BCUT2D eigenvalue weighted by molar-refractivity contribution is -0.183. The van der Waals surface area contributed by atoms with Gasteiger partial charge < -0.3 is 19.7 Å². The molecule has 0 aromatic carbocycles. The van der Waals surface area contributed by atoms with Crippen molar-refractivity contribution in [2.75, 3.05) is 26.3 Å². The number of carbonyl (C=O) groups is 4. The van der Waals surface area contributed by atoms with Crippen LogP contribution in [0.3, 0.4) is 0 Å². The molecule has 0 aromatic rings. The maximum absolute atomic E-state index is 12.8. The summed E-state index contributed by atoms with van der Waals surface area (Å²) in [5.41, 5.74) is -3.21. The highest BCUT2D eigenvalue weighted by Gasteiger charge is 2.56. The average Bonchev–Trinajstić information content (AvgIpc) is 2.42. The number of amides is 2. The predicted octanol–water partition coefficient (Wildman–Crippen LogP) is -0.349. The highest BCUT2D eigenvalue weighted by molar-refractivity contribution is 6.27. The molecule has 0 spiro atoms. The first-order valence-corrected chi connectivity index (χ1v) is 7.41. The van der Waals surface area contributed by atoms with Gasteiger partial charge in [-0.1, -0.05) is 0 Å². The quantitative estimate of drug-likeness (QED) is 0.559. The van der Waals surface area contributed by atoms with Crippen LogP contribution in [-0.4, -0.2) is 65.9 Å². The van der Waals surface area contributed by atoms with Gasteiger partial charge in [0.25, 0.3) is 11.8 Å². The Kier molecular flexibility index (Phi) is 5.87. The van der Waals surface area contributed by atoms with Gasteiger partial charge in [-0.25, -0.2) is 0 Å². The third kappa shape index (κ3) is 4.51. The van der Waals surface area contributed by atoms with Gasteiger partial charge in [0.2, 0.25) is 0 Å². The van der Waals surface area contributed by atoms with E-state index >= 15 is 0 Å². The Balaban J connectivity index is 3.26. The van der Waals surface area contributed by atoms with Crippen molar-refractivity contribution in [2.45, 2.75) is 45.8 Å². The Morgan fingerprint density at radius 3 is 1.96 bits per heavy atom. The van der Waals surface area contributed by atoms with Crippen LogP contribution in [0.15, 0.2) is 0 Å². The van der Waals surface area contributed by atoms with E-state index in [1.807, 2.05) is 0 Å².